The summed E-state index contributed by atoms with van der Waals surface area (Å²) in [7, 11) is 1.49. The molecule has 0 radical (unpaired) electrons. The zero-order chi connectivity index (χ0) is 25.5. The van der Waals surface area contributed by atoms with Crippen molar-refractivity contribution in [2.45, 2.75) is 17.8 Å². The van der Waals surface area contributed by atoms with Gasteiger partial charge in [0.15, 0.2) is 6.61 Å². The Morgan fingerprint density at radius 3 is 2.25 bits per heavy atom. The van der Waals surface area contributed by atoms with E-state index in [9.17, 15) is 19.2 Å². The number of Topliss-reactive ketones (excluding diaryl/α,β-unsaturated/α-hetero) is 1. The molecule has 8 nitrogen and oxygen atoms in total. The average Bonchev–Trinajstić information content (AvgIpc) is 3.20. The van der Waals surface area contributed by atoms with Crippen molar-refractivity contribution in [1.82, 2.24) is 5.32 Å². The van der Waals surface area contributed by atoms with E-state index in [0.717, 1.165) is 5.56 Å². The van der Waals surface area contributed by atoms with E-state index in [1.807, 2.05) is 18.2 Å². The number of nitrogens with one attached hydrogen (secondary N) is 1. The third kappa shape index (κ3) is 5.58. The molecule has 0 spiro atoms. The fraction of sp³-hybridized carbons (Fsp3) is 0.185. The van der Waals surface area contributed by atoms with E-state index in [2.05, 4.69) is 5.32 Å². The summed E-state index contributed by atoms with van der Waals surface area (Å²) in [6.45, 7) is -0.210. The number of hydrogen-bond donors (Lipinski definition) is 1. The molecule has 3 aromatic carbocycles. The van der Waals surface area contributed by atoms with Crippen LogP contribution in [0.15, 0.2) is 78.9 Å². The fourth-order valence-corrected chi connectivity index (χ4v) is 4.66. The van der Waals surface area contributed by atoms with Gasteiger partial charge in [-0.25, -0.2) is 4.79 Å². The summed E-state index contributed by atoms with van der Waals surface area (Å²) in [5.74, 6) is -0.843. The zero-order valence-electron chi connectivity index (χ0n) is 19.4. The molecule has 9 heteroatoms. The van der Waals surface area contributed by atoms with Crippen molar-refractivity contribution in [2.75, 3.05) is 13.7 Å². The minimum atomic E-state index is -1.73. The lowest BCUT2D eigenvalue weighted by molar-refractivity contribution is -0.150. The molecule has 0 bridgehead atoms. The van der Waals surface area contributed by atoms with E-state index in [0.29, 0.717) is 34.4 Å². The molecule has 0 aromatic heterocycles. The van der Waals surface area contributed by atoms with E-state index in [-0.39, 0.29) is 25.4 Å². The Morgan fingerprint density at radius 2 is 1.58 bits per heavy atom. The van der Waals surface area contributed by atoms with Gasteiger partial charge in [-0.1, -0.05) is 54.6 Å². The predicted octanol–water partition coefficient (Wildman–Crippen LogP) is 3.96. The molecule has 184 valence electrons. The van der Waals surface area contributed by atoms with Crippen LogP contribution in [-0.4, -0.2) is 41.4 Å². The molecule has 1 heterocycles. The van der Waals surface area contributed by atoms with Crippen LogP contribution in [0.2, 0.25) is 0 Å². The Labute approximate surface area is 211 Å². The van der Waals surface area contributed by atoms with Gasteiger partial charge in [0.2, 0.25) is 10.5 Å². The molecule has 1 N–H and O–H groups in total. The van der Waals surface area contributed by atoms with Crippen molar-refractivity contribution in [1.29, 1.82) is 0 Å². The van der Waals surface area contributed by atoms with Crippen molar-refractivity contribution in [3.05, 3.63) is 95.6 Å². The highest BCUT2D eigenvalue weighted by molar-refractivity contribution is 8.16. The van der Waals surface area contributed by atoms with Crippen LogP contribution in [0.5, 0.6) is 11.5 Å². The molecule has 36 heavy (non-hydrogen) atoms. The highest BCUT2D eigenvalue weighted by atomic mass is 32.2. The molecule has 2 amide bonds. The minimum Gasteiger partial charge on any atom is -0.496 e. The molecule has 1 atom stereocenters. The summed E-state index contributed by atoms with van der Waals surface area (Å²) in [5.41, 5.74) is 1.80. The molecule has 0 saturated carbocycles. The maximum absolute atomic E-state index is 13.0. The van der Waals surface area contributed by atoms with Gasteiger partial charge < -0.3 is 14.2 Å². The second-order valence-corrected chi connectivity index (χ2v) is 9.24. The number of rotatable bonds is 10. The van der Waals surface area contributed by atoms with Gasteiger partial charge in [-0.3, -0.25) is 19.7 Å². The number of imide groups is 1. The van der Waals surface area contributed by atoms with E-state index < -0.39 is 21.9 Å². The maximum Gasteiger partial charge on any atom is 0.333 e. The van der Waals surface area contributed by atoms with E-state index >= 15 is 0 Å². The number of carbonyl (C=O) groups is 4. The first-order valence-electron chi connectivity index (χ1n) is 11.0. The number of hydrogen-bond acceptors (Lipinski definition) is 8. The van der Waals surface area contributed by atoms with Crippen LogP contribution in [-0.2, 0) is 27.4 Å². The van der Waals surface area contributed by atoms with Crippen LogP contribution < -0.4 is 14.8 Å². The van der Waals surface area contributed by atoms with Gasteiger partial charge in [0, 0.05) is 6.42 Å². The summed E-state index contributed by atoms with van der Waals surface area (Å²) in [6.07, 6.45) is -0.0523. The Balaban J connectivity index is 1.42. The maximum atomic E-state index is 13.0. The predicted molar refractivity (Wildman–Crippen MR) is 133 cm³/mol. The van der Waals surface area contributed by atoms with E-state index in [1.165, 1.54) is 7.11 Å². The average molecular weight is 506 g/mol. The summed E-state index contributed by atoms with van der Waals surface area (Å²) >= 11 is 0.617. The van der Waals surface area contributed by atoms with Crippen LogP contribution in [0.4, 0.5) is 4.79 Å². The Bertz CT molecular complexity index is 1280. The third-order valence-electron chi connectivity index (χ3n) is 5.55. The Hall–Kier alpha value is -4.11. The quantitative estimate of drug-likeness (QED) is 0.251. The number of thioether (sulfide) groups is 1. The monoisotopic (exact) mass is 505 g/mol. The minimum absolute atomic E-state index is 0.0174. The van der Waals surface area contributed by atoms with Crippen molar-refractivity contribution < 1.29 is 33.4 Å². The zero-order valence-corrected chi connectivity index (χ0v) is 20.2. The molecule has 1 aliphatic heterocycles. The third-order valence-corrected chi connectivity index (χ3v) is 6.68. The number of benzene rings is 3. The van der Waals surface area contributed by atoms with Crippen LogP contribution >= 0.6 is 11.8 Å². The number of amides is 2. The molecule has 4 rings (SSSR count). The van der Waals surface area contributed by atoms with Gasteiger partial charge in [0.1, 0.15) is 18.1 Å². The lowest BCUT2D eigenvalue weighted by Crippen LogP contribution is -2.46. The first-order chi connectivity index (χ1) is 17.4. The SMILES string of the molecule is COc1ccccc1C(=O)COc1ccc(C[C@]2(C(=O)OCc3ccccc3)SC(=O)NC2=O)cc1. The number of ether oxygens (including phenoxy) is 3. The number of methoxy groups -OCH3 is 1. The number of carbonyl (C=O) groups excluding carboxylic acids is 4. The molecule has 1 fully saturated rings. The molecule has 1 aliphatic rings. The lowest BCUT2D eigenvalue weighted by atomic mass is 9.97. The van der Waals surface area contributed by atoms with Gasteiger partial charge in [0.25, 0.3) is 11.1 Å². The van der Waals surface area contributed by atoms with Crippen molar-refractivity contribution in [3.8, 4) is 11.5 Å². The van der Waals surface area contributed by atoms with Crippen molar-refractivity contribution in [2.24, 2.45) is 0 Å². The molecule has 0 unspecified atom stereocenters. The van der Waals surface area contributed by atoms with Gasteiger partial charge in [-0.15, -0.1) is 0 Å². The number of ketones is 1. The van der Waals surface area contributed by atoms with Crippen LogP contribution in [0.25, 0.3) is 0 Å². The Kier molecular flexibility index (Phi) is 7.70. The van der Waals surface area contributed by atoms with Gasteiger partial charge in [-0.05, 0) is 47.2 Å². The van der Waals surface area contributed by atoms with E-state index in [4.69, 9.17) is 14.2 Å². The van der Waals surface area contributed by atoms with Crippen LogP contribution in [0, 0.1) is 0 Å². The number of esters is 1. The normalized spacial score (nSPS) is 16.8. The van der Waals surface area contributed by atoms with Gasteiger partial charge in [0.05, 0.1) is 12.7 Å². The van der Waals surface area contributed by atoms with Crippen LogP contribution in [0.1, 0.15) is 21.5 Å². The summed E-state index contributed by atoms with van der Waals surface area (Å²) in [6, 6.07) is 22.5. The summed E-state index contributed by atoms with van der Waals surface area (Å²) < 4.78 is 14.5. The van der Waals surface area contributed by atoms with Crippen molar-refractivity contribution in [3.63, 3.8) is 0 Å². The topological polar surface area (TPSA) is 108 Å². The number of para-hydroxylation sites is 1. The largest absolute Gasteiger partial charge is 0.496 e. The van der Waals surface area contributed by atoms with E-state index in [1.54, 1.807) is 60.7 Å². The highest BCUT2D eigenvalue weighted by Gasteiger charge is 2.55. The molecule has 3 aromatic rings. The fourth-order valence-electron chi connectivity index (χ4n) is 3.68. The smallest absolute Gasteiger partial charge is 0.333 e. The van der Waals surface area contributed by atoms with Gasteiger partial charge in [-0.2, -0.15) is 0 Å². The summed E-state index contributed by atoms with van der Waals surface area (Å²) in [4.78, 5) is 50.1. The molecular formula is C27H23NO7S. The lowest BCUT2D eigenvalue weighted by Gasteiger charge is -2.22. The second-order valence-electron chi connectivity index (χ2n) is 7.97. The standard InChI is InChI=1S/C27H23NO7S/c1-33-23-10-6-5-9-21(23)22(29)17-34-20-13-11-18(12-14-20)15-27(24(30)28-26(32)36-27)25(31)35-16-19-7-3-2-4-8-19/h2-14H,15-17H2,1H3,(H,28,30,32)/t27-/m0/s1. The Morgan fingerprint density at radius 1 is 0.889 bits per heavy atom. The van der Waals surface area contributed by atoms with Gasteiger partial charge >= 0.3 is 5.97 Å². The second kappa shape index (κ2) is 11.1. The molecular weight excluding hydrogens is 482 g/mol. The first kappa shape index (κ1) is 25.0. The molecule has 0 aliphatic carbocycles. The van der Waals surface area contributed by atoms with Crippen molar-refractivity contribution >= 4 is 34.7 Å². The summed E-state index contributed by atoms with van der Waals surface area (Å²) in [5, 5.41) is 1.58. The molecule has 1 saturated heterocycles. The first-order valence-corrected chi connectivity index (χ1v) is 11.9. The highest BCUT2D eigenvalue weighted by Crippen LogP contribution is 2.37. The van der Waals surface area contributed by atoms with Crippen LogP contribution in [0.3, 0.4) is 0 Å².